The topological polar surface area (TPSA) is 53.1 Å². The van der Waals surface area contributed by atoms with Crippen molar-refractivity contribution >= 4 is 0 Å². The van der Waals surface area contributed by atoms with Gasteiger partial charge in [0.05, 0.1) is 18.8 Å². The van der Waals surface area contributed by atoms with Gasteiger partial charge in [0, 0.05) is 25.4 Å². The third kappa shape index (κ3) is 2.06. The molecule has 0 radical (unpaired) electrons. The van der Waals surface area contributed by atoms with E-state index in [0.29, 0.717) is 13.2 Å². The summed E-state index contributed by atoms with van der Waals surface area (Å²) in [4.78, 5) is 0. The number of nitrogens with zero attached hydrogens (tertiary/aromatic N) is 2. The highest BCUT2D eigenvalue weighted by Gasteiger charge is 2.04. The molecule has 1 atom stereocenters. The SMILES string of the molecule is COCC(C)n1cc(CN)cn1. The predicted octanol–water partition coefficient (Wildman–Crippen LogP) is 0.549. The first-order valence-electron chi connectivity index (χ1n) is 4.00. The van der Waals surface area contributed by atoms with E-state index >= 15 is 0 Å². The molecule has 4 nitrogen and oxygen atoms in total. The average molecular weight is 169 g/mol. The molecule has 1 rings (SSSR count). The fourth-order valence-corrected chi connectivity index (χ4v) is 1.04. The number of methoxy groups -OCH3 is 1. The van der Waals surface area contributed by atoms with E-state index in [1.165, 1.54) is 0 Å². The highest BCUT2D eigenvalue weighted by Crippen LogP contribution is 2.05. The molecule has 1 aromatic rings. The molecule has 0 saturated carbocycles. The van der Waals surface area contributed by atoms with Crippen molar-refractivity contribution in [3.05, 3.63) is 18.0 Å². The molecule has 0 saturated heterocycles. The van der Waals surface area contributed by atoms with Crippen LogP contribution in [-0.4, -0.2) is 23.5 Å². The summed E-state index contributed by atoms with van der Waals surface area (Å²) in [6.07, 6.45) is 3.73. The molecule has 12 heavy (non-hydrogen) atoms. The third-order valence-electron chi connectivity index (χ3n) is 1.75. The normalized spacial score (nSPS) is 13.2. The van der Waals surface area contributed by atoms with Crippen molar-refractivity contribution in [2.24, 2.45) is 5.73 Å². The molecule has 0 amide bonds. The molecule has 2 N–H and O–H groups in total. The van der Waals surface area contributed by atoms with Crippen LogP contribution in [0.3, 0.4) is 0 Å². The fourth-order valence-electron chi connectivity index (χ4n) is 1.04. The van der Waals surface area contributed by atoms with Gasteiger partial charge in [-0.1, -0.05) is 0 Å². The number of nitrogens with two attached hydrogens (primary N) is 1. The summed E-state index contributed by atoms with van der Waals surface area (Å²) in [6, 6.07) is 0.273. The van der Waals surface area contributed by atoms with Gasteiger partial charge in [-0.3, -0.25) is 4.68 Å². The van der Waals surface area contributed by atoms with E-state index in [1.807, 2.05) is 10.9 Å². The van der Waals surface area contributed by atoms with E-state index in [1.54, 1.807) is 13.3 Å². The maximum atomic E-state index is 5.45. The zero-order valence-corrected chi connectivity index (χ0v) is 7.53. The smallest absolute Gasteiger partial charge is 0.0724 e. The Labute approximate surface area is 72.3 Å². The van der Waals surface area contributed by atoms with Gasteiger partial charge < -0.3 is 10.5 Å². The third-order valence-corrected chi connectivity index (χ3v) is 1.75. The van der Waals surface area contributed by atoms with Crippen LogP contribution >= 0.6 is 0 Å². The molecule has 4 heteroatoms. The second-order valence-corrected chi connectivity index (χ2v) is 2.84. The van der Waals surface area contributed by atoms with E-state index in [0.717, 1.165) is 5.56 Å². The Hall–Kier alpha value is -0.870. The predicted molar refractivity (Wildman–Crippen MR) is 46.7 cm³/mol. The Morgan fingerprint density at radius 1 is 1.75 bits per heavy atom. The van der Waals surface area contributed by atoms with Crippen LogP contribution in [0.2, 0.25) is 0 Å². The van der Waals surface area contributed by atoms with Gasteiger partial charge >= 0.3 is 0 Å². The minimum Gasteiger partial charge on any atom is -0.382 e. The van der Waals surface area contributed by atoms with Crippen molar-refractivity contribution in [3.63, 3.8) is 0 Å². The van der Waals surface area contributed by atoms with Gasteiger partial charge in [0.2, 0.25) is 0 Å². The second kappa shape index (κ2) is 4.23. The van der Waals surface area contributed by atoms with Crippen molar-refractivity contribution in [3.8, 4) is 0 Å². The minimum atomic E-state index is 0.273. The van der Waals surface area contributed by atoms with Crippen LogP contribution < -0.4 is 5.73 Å². The lowest BCUT2D eigenvalue weighted by Crippen LogP contribution is -2.11. The molecular formula is C8H15N3O. The molecule has 0 aliphatic heterocycles. The molecule has 0 bridgehead atoms. The van der Waals surface area contributed by atoms with Gasteiger partial charge in [0.15, 0.2) is 0 Å². The highest BCUT2D eigenvalue weighted by molar-refractivity contribution is 5.03. The monoisotopic (exact) mass is 169 g/mol. The molecule has 0 aliphatic rings. The summed E-state index contributed by atoms with van der Waals surface area (Å²) >= 11 is 0. The van der Waals surface area contributed by atoms with E-state index in [4.69, 9.17) is 10.5 Å². The number of hydrogen-bond donors (Lipinski definition) is 1. The van der Waals surface area contributed by atoms with E-state index in [2.05, 4.69) is 12.0 Å². The van der Waals surface area contributed by atoms with Crippen LogP contribution in [-0.2, 0) is 11.3 Å². The van der Waals surface area contributed by atoms with Gasteiger partial charge in [0.1, 0.15) is 0 Å². The highest BCUT2D eigenvalue weighted by atomic mass is 16.5. The molecule has 1 unspecified atom stereocenters. The lowest BCUT2D eigenvalue weighted by atomic mass is 10.3. The van der Waals surface area contributed by atoms with Crippen molar-refractivity contribution in [1.29, 1.82) is 0 Å². The Bertz CT molecular complexity index is 234. The first-order chi connectivity index (χ1) is 5.77. The summed E-state index contributed by atoms with van der Waals surface area (Å²) < 4.78 is 6.88. The van der Waals surface area contributed by atoms with Crippen molar-refractivity contribution in [2.45, 2.75) is 19.5 Å². The summed E-state index contributed by atoms with van der Waals surface area (Å²) in [7, 11) is 1.68. The Kier molecular flexibility index (Phi) is 3.25. The van der Waals surface area contributed by atoms with Gasteiger partial charge in [-0.05, 0) is 6.92 Å². The van der Waals surface area contributed by atoms with E-state index < -0.39 is 0 Å². The van der Waals surface area contributed by atoms with Gasteiger partial charge in [-0.15, -0.1) is 0 Å². The van der Waals surface area contributed by atoms with Crippen LogP contribution in [0, 0.1) is 0 Å². The fraction of sp³-hybridized carbons (Fsp3) is 0.625. The standard InChI is InChI=1S/C8H15N3O/c1-7(6-12-2)11-5-8(3-9)4-10-11/h4-5,7H,3,6,9H2,1-2H3. The zero-order chi connectivity index (χ0) is 8.97. The molecule has 68 valence electrons. The Balaban J connectivity index is 2.61. The number of hydrogen-bond acceptors (Lipinski definition) is 3. The van der Waals surface area contributed by atoms with Gasteiger partial charge in [0.25, 0.3) is 0 Å². The molecule has 0 aliphatic carbocycles. The number of aromatic nitrogens is 2. The zero-order valence-electron chi connectivity index (χ0n) is 7.53. The summed E-state index contributed by atoms with van der Waals surface area (Å²) in [6.45, 7) is 3.27. The maximum absolute atomic E-state index is 5.45. The largest absolute Gasteiger partial charge is 0.382 e. The van der Waals surface area contributed by atoms with Crippen molar-refractivity contribution in [2.75, 3.05) is 13.7 Å². The molecule has 0 fully saturated rings. The summed E-state index contributed by atoms with van der Waals surface area (Å²) in [5.74, 6) is 0. The van der Waals surface area contributed by atoms with Crippen LogP contribution in [0.5, 0.6) is 0 Å². The molecule has 0 aromatic carbocycles. The van der Waals surface area contributed by atoms with Crippen LogP contribution in [0.15, 0.2) is 12.4 Å². The van der Waals surface area contributed by atoms with Gasteiger partial charge in [-0.25, -0.2) is 0 Å². The molecule has 1 aromatic heterocycles. The Morgan fingerprint density at radius 2 is 2.50 bits per heavy atom. The maximum Gasteiger partial charge on any atom is 0.0724 e. The van der Waals surface area contributed by atoms with Gasteiger partial charge in [-0.2, -0.15) is 5.10 Å². The van der Waals surface area contributed by atoms with Crippen molar-refractivity contribution in [1.82, 2.24) is 9.78 Å². The lowest BCUT2D eigenvalue weighted by molar-refractivity contribution is 0.157. The minimum absolute atomic E-state index is 0.273. The molecule has 1 heterocycles. The first kappa shape index (κ1) is 9.22. The average Bonchev–Trinajstić information content (AvgIpc) is 2.52. The van der Waals surface area contributed by atoms with Crippen LogP contribution in [0.1, 0.15) is 18.5 Å². The van der Waals surface area contributed by atoms with Crippen LogP contribution in [0.25, 0.3) is 0 Å². The molecule has 0 spiro atoms. The number of rotatable bonds is 4. The second-order valence-electron chi connectivity index (χ2n) is 2.84. The summed E-state index contributed by atoms with van der Waals surface area (Å²) in [5.41, 5.74) is 6.51. The molecular weight excluding hydrogens is 154 g/mol. The van der Waals surface area contributed by atoms with E-state index in [9.17, 15) is 0 Å². The Morgan fingerprint density at radius 3 is 3.00 bits per heavy atom. The summed E-state index contributed by atoms with van der Waals surface area (Å²) in [5, 5.41) is 4.16. The van der Waals surface area contributed by atoms with E-state index in [-0.39, 0.29) is 6.04 Å². The lowest BCUT2D eigenvalue weighted by Gasteiger charge is -2.09. The van der Waals surface area contributed by atoms with Crippen LogP contribution in [0.4, 0.5) is 0 Å². The first-order valence-corrected chi connectivity index (χ1v) is 4.00. The quantitative estimate of drug-likeness (QED) is 0.716. The number of ether oxygens (including phenoxy) is 1. The van der Waals surface area contributed by atoms with Crippen molar-refractivity contribution < 1.29 is 4.74 Å².